The number of aromatic nitrogens is 1. The molecule has 0 saturated carbocycles. The van der Waals surface area contributed by atoms with Gasteiger partial charge >= 0.3 is 0 Å². The van der Waals surface area contributed by atoms with Crippen LogP contribution in [0.5, 0.6) is 0 Å². The van der Waals surface area contributed by atoms with Gasteiger partial charge in [0.1, 0.15) is 0 Å². The minimum atomic E-state index is -0.309. The van der Waals surface area contributed by atoms with Crippen molar-refractivity contribution in [3.05, 3.63) is 29.8 Å². The van der Waals surface area contributed by atoms with Crippen molar-refractivity contribution in [3.63, 3.8) is 0 Å². The number of pyridine rings is 1. The van der Waals surface area contributed by atoms with Gasteiger partial charge in [-0.3, -0.25) is 0 Å². The van der Waals surface area contributed by atoms with Gasteiger partial charge < -0.3 is 5.32 Å². The van der Waals surface area contributed by atoms with Gasteiger partial charge in [-0.15, -0.1) is 24.8 Å². The quantitative estimate of drug-likeness (QED) is 0.778. The molecule has 0 bridgehead atoms. The Hall–Kier alpha value is -0.380. The van der Waals surface area contributed by atoms with E-state index in [1.54, 1.807) is 6.07 Å². The molecule has 2 rings (SSSR count). The molecule has 1 atom stereocenters. The Morgan fingerprint density at radius 3 is 2.80 bits per heavy atom. The predicted molar refractivity (Wildman–Crippen MR) is 63.5 cm³/mol. The van der Waals surface area contributed by atoms with Crippen LogP contribution in [0.25, 0.3) is 0 Å². The summed E-state index contributed by atoms with van der Waals surface area (Å²) in [6, 6.07) is 3.63. The zero-order valence-electron chi connectivity index (χ0n) is 8.28. The highest BCUT2D eigenvalue weighted by Gasteiger charge is 2.18. The maximum atomic E-state index is 13.2. The van der Waals surface area contributed by atoms with Gasteiger partial charge in [-0.05, 0) is 25.5 Å². The Labute approximate surface area is 101 Å². The highest BCUT2D eigenvalue weighted by atomic mass is 35.5. The molecule has 1 aliphatic rings. The van der Waals surface area contributed by atoms with E-state index in [1.807, 2.05) is 6.07 Å². The van der Waals surface area contributed by atoms with Crippen LogP contribution in [-0.2, 0) is 0 Å². The summed E-state index contributed by atoms with van der Waals surface area (Å²) in [5.41, 5.74) is 0.759. The zero-order valence-corrected chi connectivity index (χ0v) is 9.91. The largest absolute Gasteiger partial charge is 0.316 e. The van der Waals surface area contributed by atoms with E-state index >= 15 is 0 Å². The Morgan fingerprint density at radius 1 is 1.40 bits per heavy atom. The second kappa shape index (κ2) is 6.99. The molecule has 2 heterocycles. The van der Waals surface area contributed by atoms with Crippen molar-refractivity contribution < 1.29 is 4.39 Å². The molecule has 1 N–H and O–H groups in total. The lowest BCUT2D eigenvalue weighted by molar-refractivity contribution is 0.440. The van der Waals surface area contributed by atoms with Crippen LogP contribution in [0.4, 0.5) is 4.39 Å². The van der Waals surface area contributed by atoms with Gasteiger partial charge in [-0.2, -0.15) is 4.39 Å². The lowest BCUT2D eigenvalue weighted by atomic mass is 9.93. The van der Waals surface area contributed by atoms with Gasteiger partial charge in [0.05, 0.1) is 0 Å². The molecule has 0 aliphatic carbocycles. The Kier molecular flexibility index (Phi) is 6.81. The average Bonchev–Trinajstić information content (AvgIpc) is 2.20. The first kappa shape index (κ1) is 14.6. The Morgan fingerprint density at radius 2 is 2.20 bits per heavy atom. The molecule has 0 aromatic carbocycles. The van der Waals surface area contributed by atoms with E-state index in [2.05, 4.69) is 10.3 Å². The molecule has 86 valence electrons. The van der Waals surface area contributed by atoms with E-state index in [4.69, 9.17) is 0 Å². The van der Waals surface area contributed by atoms with Crippen LogP contribution in [0.2, 0.25) is 0 Å². The lowest BCUT2D eigenvalue weighted by Gasteiger charge is -2.22. The van der Waals surface area contributed by atoms with E-state index in [9.17, 15) is 4.39 Å². The van der Waals surface area contributed by atoms with Crippen LogP contribution in [0.1, 0.15) is 24.3 Å². The smallest absolute Gasteiger partial charge is 0.216 e. The zero-order chi connectivity index (χ0) is 9.10. The molecule has 2 nitrogen and oxygen atoms in total. The molecule has 15 heavy (non-hydrogen) atoms. The first-order valence-corrected chi connectivity index (χ1v) is 4.69. The van der Waals surface area contributed by atoms with Gasteiger partial charge in [-0.1, -0.05) is 6.07 Å². The molecule has 1 aliphatic heterocycles. The maximum absolute atomic E-state index is 13.2. The summed E-state index contributed by atoms with van der Waals surface area (Å²) in [5.74, 6) is -0.00125. The van der Waals surface area contributed by atoms with Gasteiger partial charge in [0.25, 0.3) is 0 Å². The molecule has 0 radical (unpaired) electrons. The molecule has 5 heteroatoms. The van der Waals surface area contributed by atoms with Gasteiger partial charge in [0, 0.05) is 24.2 Å². The maximum Gasteiger partial charge on any atom is 0.216 e. The number of nitrogens with zero attached hydrogens (tertiary/aromatic N) is 1. The van der Waals surface area contributed by atoms with Crippen molar-refractivity contribution in [1.82, 2.24) is 10.3 Å². The minimum absolute atomic E-state index is 0. The lowest BCUT2D eigenvalue weighted by Crippen LogP contribution is -2.28. The van der Waals surface area contributed by atoms with E-state index in [1.165, 1.54) is 6.20 Å². The third-order valence-electron chi connectivity index (χ3n) is 2.52. The highest BCUT2D eigenvalue weighted by molar-refractivity contribution is 5.85. The summed E-state index contributed by atoms with van der Waals surface area (Å²) in [6.07, 6.45) is 3.68. The highest BCUT2D eigenvalue weighted by Crippen LogP contribution is 2.23. The van der Waals surface area contributed by atoms with Crippen LogP contribution in [0, 0.1) is 5.95 Å². The molecule has 1 unspecified atom stereocenters. The molecule has 1 aromatic heterocycles. The third-order valence-corrected chi connectivity index (χ3v) is 2.52. The second-order valence-corrected chi connectivity index (χ2v) is 3.43. The number of halogens is 3. The summed E-state index contributed by atoms with van der Waals surface area (Å²) in [5, 5.41) is 3.27. The van der Waals surface area contributed by atoms with Crippen LogP contribution in [0.15, 0.2) is 18.3 Å². The van der Waals surface area contributed by atoms with Crippen LogP contribution in [-0.4, -0.2) is 18.1 Å². The molecular weight excluding hydrogens is 238 g/mol. The van der Waals surface area contributed by atoms with Crippen LogP contribution in [0.3, 0.4) is 0 Å². The summed E-state index contributed by atoms with van der Waals surface area (Å²) < 4.78 is 13.2. The van der Waals surface area contributed by atoms with E-state index in [0.29, 0.717) is 5.92 Å². The molecular formula is C10H15Cl2FN2. The third kappa shape index (κ3) is 3.59. The van der Waals surface area contributed by atoms with Crippen molar-refractivity contribution in [1.29, 1.82) is 0 Å². The monoisotopic (exact) mass is 252 g/mol. The summed E-state index contributed by atoms with van der Waals surface area (Å²) in [6.45, 7) is 1.93. The first-order chi connectivity index (χ1) is 6.38. The number of piperidine rings is 1. The van der Waals surface area contributed by atoms with Crippen molar-refractivity contribution in [2.75, 3.05) is 13.1 Å². The van der Waals surface area contributed by atoms with Gasteiger partial charge in [0.15, 0.2) is 0 Å². The number of hydrogen-bond acceptors (Lipinski definition) is 2. The van der Waals surface area contributed by atoms with Gasteiger partial charge in [-0.25, -0.2) is 4.98 Å². The van der Waals surface area contributed by atoms with Crippen molar-refractivity contribution in [2.45, 2.75) is 18.8 Å². The fourth-order valence-electron chi connectivity index (χ4n) is 1.82. The fourth-order valence-corrected chi connectivity index (χ4v) is 1.82. The van der Waals surface area contributed by atoms with E-state index < -0.39 is 0 Å². The average molecular weight is 253 g/mol. The minimum Gasteiger partial charge on any atom is -0.316 e. The molecule has 1 aromatic rings. The van der Waals surface area contributed by atoms with Crippen molar-refractivity contribution in [2.24, 2.45) is 0 Å². The molecule has 1 fully saturated rings. The summed E-state index contributed by atoms with van der Waals surface area (Å²) in [7, 11) is 0. The van der Waals surface area contributed by atoms with Gasteiger partial charge in [0.2, 0.25) is 5.95 Å². The second-order valence-electron chi connectivity index (χ2n) is 3.43. The topological polar surface area (TPSA) is 24.9 Å². The normalized spacial score (nSPS) is 19.9. The van der Waals surface area contributed by atoms with E-state index in [0.717, 1.165) is 31.5 Å². The van der Waals surface area contributed by atoms with Crippen LogP contribution < -0.4 is 5.32 Å². The summed E-state index contributed by atoms with van der Waals surface area (Å²) >= 11 is 0. The van der Waals surface area contributed by atoms with Crippen molar-refractivity contribution in [3.8, 4) is 0 Å². The SMILES string of the molecule is Cl.Cl.Fc1ncccc1C1CCCNC1. The number of hydrogen-bond donors (Lipinski definition) is 1. The number of nitrogens with one attached hydrogen (secondary N) is 1. The first-order valence-electron chi connectivity index (χ1n) is 4.69. The molecule has 0 spiro atoms. The summed E-state index contributed by atoms with van der Waals surface area (Å²) in [4.78, 5) is 3.66. The van der Waals surface area contributed by atoms with E-state index in [-0.39, 0.29) is 30.8 Å². The fraction of sp³-hybridized carbons (Fsp3) is 0.500. The predicted octanol–water partition coefficient (Wildman–Crippen LogP) is 2.53. The van der Waals surface area contributed by atoms with Crippen molar-refractivity contribution >= 4 is 24.8 Å². The molecule has 1 saturated heterocycles. The van der Waals surface area contributed by atoms with Crippen LogP contribution >= 0.6 is 24.8 Å². The molecule has 0 amide bonds. The Bertz CT molecular complexity index is 291. The Balaban J connectivity index is 0.000000980. The standard InChI is InChI=1S/C10H13FN2.2ClH/c11-10-9(4-2-6-13-10)8-3-1-5-12-7-8;;/h2,4,6,8,12H,1,3,5,7H2;2*1H. The number of rotatable bonds is 1.